The zero-order chi connectivity index (χ0) is 23.2. The van der Waals surface area contributed by atoms with E-state index in [1.165, 1.54) is 6.07 Å². The number of sulfonamides is 1. The molecule has 0 unspecified atom stereocenters. The minimum absolute atomic E-state index is 0.0360. The fourth-order valence-corrected chi connectivity index (χ4v) is 4.72. The Morgan fingerprint density at radius 2 is 1.84 bits per heavy atom. The first-order valence-electron chi connectivity index (χ1n) is 10.4. The van der Waals surface area contributed by atoms with Crippen LogP contribution in [0, 0.1) is 0 Å². The zero-order valence-corrected chi connectivity index (χ0v) is 19.0. The van der Waals surface area contributed by atoms with Crippen LogP contribution in [0.1, 0.15) is 32.3 Å². The number of benzene rings is 2. The molecule has 2 N–H and O–H groups in total. The predicted molar refractivity (Wildman–Crippen MR) is 123 cm³/mol. The molecule has 0 radical (unpaired) electrons. The van der Waals surface area contributed by atoms with E-state index in [4.69, 9.17) is 4.74 Å². The highest BCUT2D eigenvalue weighted by Gasteiger charge is 2.25. The highest BCUT2D eigenvalue weighted by molar-refractivity contribution is 7.89. The minimum Gasteiger partial charge on any atom is -0.492 e. The second kappa shape index (κ2) is 10.2. The molecular weight excluding hydrogens is 428 g/mol. The van der Waals surface area contributed by atoms with Crippen LogP contribution in [0.15, 0.2) is 65.8 Å². The molecule has 0 saturated carbocycles. The Hall–Kier alpha value is -2.81. The summed E-state index contributed by atoms with van der Waals surface area (Å²) in [4.78, 5) is 15.6. The Bertz CT molecular complexity index is 1170. The van der Waals surface area contributed by atoms with E-state index in [2.05, 4.69) is 9.71 Å². The van der Waals surface area contributed by atoms with Crippen molar-refractivity contribution in [1.82, 2.24) is 9.71 Å². The van der Waals surface area contributed by atoms with Gasteiger partial charge >= 0.3 is 0 Å². The Balaban J connectivity index is 1.71. The summed E-state index contributed by atoms with van der Waals surface area (Å²) in [6.07, 6.45) is 5.14. The number of carbonyl (C=O) groups excluding carboxylic acids is 1. The van der Waals surface area contributed by atoms with E-state index in [9.17, 15) is 18.3 Å². The average molecular weight is 457 g/mol. The zero-order valence-electron chi connectivity index (χ0n) is 18.2. The van der Waals surface area contributed by atoms with Crippen LogP contribution < -0.4 is 9.46 Å². The van der Waals surface area contributed by atoms with Crippen LogP contribution in [0.3, 0.4) is 0 Å². The van der Waals surface area contributed by atoms with Crippen LogP contribution in [-0.4, -0.2) is 43.0 Å². The van der Waals surface area contributed by atoms with Gasteiger partial charge in [0, 0.05) is 24.2 Å². The van der Waals surface area contributed by atoms with Gasteiger partial charge in [-0.25, -0.2) is 13.1 Å². The molecule has 3 aromatic rings. The number of hydrogen-bond donors (Lipinski definition) is 2. The lowest BCUT2D eigenvalue weighted by molar-refractivity contribution is -0.109. The van der Waals surface area contributed by atoms with Gasteiger partial charge in [0.2, 0.25) is 10.0 Å². The maximum Gasteiger partial charge on any atom is 0.244 e. The molecule has 2 aromatic carbocycles. The molecule has 0 amide bonds. The van der Waals surface area contributed by atoms with Crippen LogP contribution in [0.5, 0.6) is 5.75 Å². The third-order valence-electron chi connectivity index (χ3n) is 5.06. The predicted octanol–water partition coefficient (Wildman–Crippen LogP) is 3.25. The van der Waals surface area contributed by atoms with Gasteiger partial charge in [-0.3, -0.25) is 4.98 Å². The fourth-order valence-electron chi connectivity index (χ4n) is 3.37. The number of fused-ring (bicyclic) bond motifs is 1. The van der Waals surface area contributed by atoms with Crippen molar-refractivity contribution in [3.63, 3.8) is 0 Å². The molecule has 0 spiro atoms. The Labute approximate surface area is 188 Å². The standard InChI is InChI=1S/C24H28N2O5S/c1-24(2,28)13-11-20(17-27)26-32(29,30)23-10-6-5-9-22(23)31-14-12-19-16-25-15-18-7-3-4-8-21(18)19/h3-10,15-17,20,26,28H,11-14H2,1-2H3/t20-/m0/s1. The molecule has 0 saturated heterocycles. The van der Waals surface area contributed by atoms with E-state index in [1.54, 1.807) is 44.4 Å². The molecule has 0 aliphatic carbocycles. The van der Waals surface area contributed by atoms with Crippen molar-refractivity contribution < 1.29 is 23.1 Å². The summed E-state index contributed by atoms with van der Waals surface area (Å²) >= 11 is 0. The molecule has 0 bridgehead atoms. The summed E-state index contributed by atoms with van der Waals surface area (Å²) in [5.74, 6) is 0.209. The average Bonchev–Trinajstić information content (AvgIpc) is 2.76. The number of aromatic nitrogens is 1. The summed E-state index contributed by atoms with van der Waals surface area (Å²) < 4.78 is 34.1. The first-order chi connectivity index (χ1) is 15.2. The number of nitrogens with one attached hydrogen (secondary N) is 1. The van der Waals surface area contributed by atoms with E-state index in [-0.39, 0.29) is 30.1 Å². The van der Waals surface area contributed by atoms with Crippen LogP contribution in [0.25, 0.3) is 10.8 Å². The van der Waals surface area contributed by atoms with Gasteiger partial charge in [-0.05, 0) is 49.8 Å². The van der Waals surface area contributed by atoms with Gasteiger partial charge < -0.3 is 14.6 Å². The molecule has 1 heterocycles. The third kappa shape index (κ3) is 6.35. The van der Waals surface area contributed by atoms with E-state index >= 15 is 0 Å². The highest BCUT2D eigenvalue weighted by Crippen LogP contribution is 2.25. The number of aldehydes is 1. The minimum atomic E-state index is -4.00. The van der Waals surface area contributed by atoms with Crippen molar-refractivity contribution in [3.8, 4) is 5.75 Å². The Morgan fingerprint density at radius 1 is 1.12 bits per heavy atom. The second-order valence-electron chi connectivity index (χ2n) is 8.28. The number of carbonyl (C=O) groups is 1. The quantitative estimate of drug-likeness (QED) is 0.429. The number of para-hydroxylation sites is 1. The van der Waals surface area contributed by atoms with Gasteiger partial charge in [0.1, 0.15) is 16.9 Å². The molecule has 0 aliphatic heterocycles. The SMILES string of the molecule is CC(C)(O)CC[C@@H](C=O)NS(=O)(=O)c1ccccc1OCCc1cncc2ccccc12. The molecular formula is C24H28N2O5S. The maximum atomic E-state index is 12.9. The van der Waals surface area contributed by atoms with Crippen LogP contribution in [-0.2, 0) is 21.2 Å². The summed E-state index contributed by atoms with van der Waals surface area (Å²) in [7, 11) is -4.00. The molecule has 3 rings (SSSR count). The van der Waals surface area contributed by atoms with Gasteiger partial charge in [-0.15, -0.1) is 0 Å². The molecule has 170 valence electrons. The lowest BCUT2D eigenvalue weighted by Crippen LogP contribution is -2.37. The van der Waals surface area contributed by atoms with Crippen molar-refractivity contribution in [1.29, 1.82) is 0 Å². The van der Waals surface area contributed by atoms with Crippen LogP contribution >= 0.6 is 0 Å². The van der Waals surface area contributed by atoms with E-state index in [1.807, 2.05) is 24.3 Å². The van der Waals surface area contributed by atoms with Crippen molar-refractivity contribution in [2.75, 3.05) is 6.61 Å². The Kier molecular flexibility index (Phi) is 7.60. The topological polar surface area (TPSA) is 106 Å². The first-order valence-corrected chi connectivity index (χ1v) is 11.9. The first kappa shape index (κ1) is 23.8. The maximum absolute atomic E-state index is 12.9. The van der Waals surface area contributed by atoms with Gasteiger partial charge in [0.25, 0.3) is 0 Å². The number of pyridine rings is 1. The van der Waals surface area contributed by atoms with Crippen LogP contribution in [0.2, 0.25) is 0 Å². The van der Waals surface area contributed by atoms with Crippen LogP contribution in [0.4, 0.5) is 0 Å². The number of aliphatic hydroxyl groups is 1. The number of ether oxygens (including phenoxy) is 1. The summed E-state index contributed by atoms with van der Waals surface area (Å²) in [5.41, 5.74) is 0.0127. The largest absolute Gasteiger partial charge is 0.492 e. The molecule has 0 fully saturated rings. The second-order valence-corrected chi connectivity index (χ2v) is 9.96. The number of hydrogen-bond acceptors (Lipinski definition) is 6. The molecule has 1 aromatic heterocycles. The molecule has 0 aliphatic rings. The molecule has 8 heteroatoms. The van der Waals surface area contributed by atoms with Crippen molar-refractivity contribution in [2.24, 2.45) is 0 Å². The molecule has 1 atom stereocenters. The van der Waals surface area contributed by atoms with Gasteiger partial charge in [0.15, 0.2) is 0 Å². The fraction of sp³-hybridized carbons (Fsp3) is 0.333. The van der Waals surface area contributed by atoms with Crippen molar-refractivity contribution in [3.05, 3.63) is 66.5 Å². The van der Waals surface area contributed by atoms with E-state index in [0.717, 1.165) is 16.3 Å². The van der Waals surface area contributed by atoms with E-state index in [0.29, 0.717) is 12.7 Å². The van der Waals surface area contributed by atoms with Crippen molar-refractivity contribution in [2.45, 2.75) is 49.6 Å². The molecule has 7 nitrogen and oxygen atoms in total. The lowest BCUT2D eigenvalue weighted by atomic mass is 10.0. The normalized spacial score (nSPS) is 13.1. The summed E-state index contributed by atoms with van der Waals surface area (Å²) in [6.45, 7) is 3.48. The number of nitrogens with zero attached hydrogens (tertiary/aromatic N) is 1. The summed E-state index contributed by atoms with van der Waals surface area (Å²) in [6, 6.07) is 13.3. The number of rotatable bonds is 11. The van der Waals surface area contributed by atoms with Gasteiger partial charge in [-0.2, -0.15) is 0 Å². The smallest absolute Gasteiger partial charge is 0.244 e. The van der Waals surface area contributed by atoms with Crippen molar-refractivity contribution >= 4 is 27.1 Å². The lowest BCUT2D eigenvalue weighted by Gasteiger charge is -2.20. The van der Waals surface area contributed by atoms with E-state index < -0.39 is 21.7 Å². The highest BCUT2D eigenvalue weighted by atomic mass is 32.2. The Morgan fingerprint density at radius 3 is 2.59 bits per heavy atom. The third-order valence-corrected chi connectivity index (χ3v) is 6.59. The summed E-state index contributed by atoms with van der Waals surface area (Å²) in [5, 5.41) is 12.0. The monoisotopic (exact) mass is 456 g/mol. The van der Waals surface area contributed by atoms with Gasteiger partial charge in [0.05, 0.1) is 18.2 Å². The molecule has 32 heavy (non-hydrogen) atoms. The van der Waals surface area contributed by atoms with Gasteiger partial charge in [-0.1, -0.05) is 36.4 Å².